The first kappa shape index (κ1) is 27.7. The van der Waals surface area contributed by atoms with E-state index < -0.39 is 0 Å². The van der Waals surface area contributed by atoms with E-state index >= 15 is 0 Å². The molecule has 0 aromatic heterocycles. The van der Waals surface area contributed by atoms with Crippen LogP contribution in [0.3, 0.4) is 0 Å². The molecule has 0 aliphatic rings. The minimum Gasteiger partial charge on any atom is -0.0830 e. The van der Waals surface area contributed by atoms with Crippen molar-refractivity contribution in [3.05, 3.63) is 168 Å². The quantitative estimate of drug-likeness (QED) is 0.164. The number of rotatable bonds is 2. The fraction of sp³-hybridized carbons (Fsp3) is 0. The third-order valence-corrected chi connectivity index (χ3v) is 10.9. The van der Waals surface area contributed by atoms with E-state index in [9.17, 15) is 0 Å². The number of benzene rings is 10. The molecule has 10 aromatic carbocycles. The Hall–Kier alpha value is -5.40. The molecule has 48 heavy (non-hydrogen) atoms. The fourth-order valence-electron chi connectivity index (χ4n) is 7.80. The Bertz CT molecular complexity index is 2770. The van der Waals surface area contributed by atoms with E-state index in [2.05, 4.69) is 158 Å². The van der Waals surface area contributed by atoms with Crippen molar-refractivity contribution in [2.45, 2.75) is 0 Å². The summed E-state index contributed by atoms with van der Waals surface area (Å²) in [6, 6.07) is 56.8. The third kappa shape index (κ3) is 4.10. The highest BCUT2D eigenvalue weighted by atomic mass is 35.5. The van der Waals surface area contributed by atoms with Crippen molar-refractivity contribution in [1.82, 2.24) is 0 Å². The molecule has 0 aliphatic heterocycles. The van der Waals surface area contributed by atoms with Crippen LogP contribution in [0.25, 0.3) is 97.7 Å². The van der Waals surface area contributed by atoms with Crippen LogP contribution in [0.2, 0.25) is 10.0 Å². The average molecular weight is 650 g/mol. The van der Waals surface area contributed by atoms with E-state index in [0.29, 0.717) is 0 Å². The summed E-state index contributed by atoms with van der Waals surface area (Å²) in [4.78, 5) is 0. The van der Waals surface area contributed by atoms with Crippen molar-refractivity contribution in [1.29, 1.82) is 0 Å². The predicted octanol–water partition coefficient (Wildman–Crippen LogP) is 14.4. The van der Waals surface area contributed by atoms with Crippen LogP contribution < -0.4 is 0 Å². The maximum atomic E-state index is 7.15. The van der Waals surface area contributed by atoms with E-state index in [1.165, 1.54) is 54.6 Å². The number of hydrogen-bond donors (Lipinski definition) is 0. The second kappa shape index (κ2) is 10.6. The number of hydrogen-bond acceptors (Lipinski definition) is 0. The molecule has 0 bridgehead atoms. The molecule has 0 unspecified atom stereocenters. The van der Waals surface area contributed by atoms with E-state index in [-0.39, 0.29) is 0 Å². The molecular formula is C46H26Cl2. The van der Waals surface area contributed by atoms with Gasteiger partial charge in [0.15, 0.2) is 0 Å². The van der Waals surface area contributed by atoms with Gasteiger partial charge in [-0.05, 0) is 113 Å². The first-order valence-electron chi connectivity index (χ1n) is 16.2. The molecule has 0 saturated carbocycles. The lowest BCUT2D eigenvalue weighted by atomic mass is 9.88. The maximum Gasteiger partial charge on any atom is 0.0563 e. The SMILES string of the molecule is Clc1c2ccccc2c(-c2ccc3ccc(-c4c5ccccc5c(Cl)c5cc6ccccc6cc45)cc3c2)c2cc3ccccc3cc12. The Morgan fingerprint density at radius 1 is 0.250 bits per heavy atom. The summed E-state index contributed by atoms with van der Waals surface area (Å²) in [5.74, 6) is 0. The molecular weight excluding hydrogens is 623 g/mol. The zero-order chi connectivity index (χ0) is 31.9. The summed E-state index contributed by atoms with van der Waals surface area (Å²) >= 11 is 14.3. The van der Waals surface area contributed by atoms with Crippen molar-refractivity contribution < 1.29 is 0 Å². The summed E-state index contributed by atoms with van der Waals surface area (Å²) in [6.07, 6.45) is 0. The Morgan fingerprint density at radius 3 is 1.02 bits per heavy atom. The van der Waals surface area contributed by atoms with Gasteiger partial charge >= 0.3 is 0 Å². The first-order chi connectivity index (χ1) is 23.6. The zero-order valence-electron chi connectivity index (χ0n) is 25.8. The van der Waals surface area contributed by atoms with E-state index in [0.717, 1.165) is 53.1 Å². The molecule has 0 aliphatic carbocycles. The molecule has 0 saturated heterocycles. The second-order valence-corrected chi connectivity index (χ2v) is 13.5. The minimum atomic E-state index is 0.798. The van der Waals surface area contributed by atoms with Gasteiger partial charge in [0.2, 0.25) is 0 Å². The van der Waals surface area contributed by atoms with Gasteiger partial charge in [-0.15, -0.1) is 0 Å². The summed E-state index contributed by atoms with van der Waals surface area (Å²) in [5.41, 5.74) is 4.75. The normalized spacial score (nSPS) is 12.0. The summed E-state index contributed by atoms with van der Waals surface area (Å²) in [6.45, 7) is 0. The van der Waals surface area contributed by atoms with Gasteiger partial charge < -0.3 is 0 Å². The Labute approximate surface area is 287 Å². The summed E-state index contributed by atoms with van der Waals surface area (Å²) in [7, 11) is 0. The van der Waals surface area contributed by atoms with Gasteiger partial charge in [0, 0.05) is 21.5 Å². The van der Waals surface area contributed by atoms with Crippen LogP contribution in [0.5, 0.6) is 0 Å². The highest BCUT2D eigenvalue weighted by Gasteiger charge is 2.18. The van der Waals surface area contributed by atoms with Gasteiger partial charge in [0.1, 0.15) is 0 Å². The molecule has 0 nitrogen and oxygen atoms in total. The van der Waals surface area contributed by atoms with Crippen LogP contribution in [0.4, 0.5) is 0 Å². The van der Waals surface area contributed by atoms with Crippen molar-refractivity contribution in [3.8, 4) is 22.3 Å². The lowest BCUT2D eigenvalue weighted by Crippen LogP contribution is -1.90. The molecule has 224 valence electrons. The average Bonchev–Trinajstić information content (AvgIpc) is 3.14. The molecule has 0 fully saturated rings. The molecule has 0 heterocycles. The standard InChI is InChI=1S/C46H26Cl2/c47-45-37-15-7-5-13-35(37)43(39-23-28-9-1-3-11-30(28)25-41(39)45)32-19-17-27-18-20-33(22-34(27)21-32)44-36-14-6-8-16-38(36)46(48)42-26-31-12-4-2-10-29(31)24-40(42)44/h1-26H. The molecule has 0 N–H and O–H groups in total. The Balaban J connectivity index is 1.27. The number of halogens is 2. The maximum absolute atomic E-state index is 7.15. The van der Waals surface area contributed by atoms with E-state index in [4.69, 9.17) is 23.2 Å². The molecule has 0 spiro atoms. The minimum absolute atomic E-state index is 0.798. The molecule has 0 radical (unpaired) electrons. The fourth-order valence-corrected chi connectivity index (χ4v) is 8.44. The van der Waals surface area contributed by atoms with Crippen molar-refractivity contribution in [3.63, 3.8) is 0 Å². The van der Waals surface area contributed by atoms with Crippen LogP contribution in [-0.4, -0.2) is 0 Å². The van der Waals surface area contributed by atoms with Gasteiger partial charge in [-0.25, -0.2) is 0 Å². The lowest BCUT2D eigenvalue weighted by molar-refractivity contribution is 1.69. The monoisotopic (exact) mass is 648 g/mol. The van der Waals surface area contributed by atoms with Gasteiger partial charge in [0.25, 0.3) is 0 Å². The largest absolute Gasteiger partial charge is 0.0830 e. The Morgan fingerprint density at radius 2 is 0.604 bits per heavy atom. The van der Waals surface area contributed by atoms with Crippen LogP contribution in [0.15, 0.2) is 158 Å². The van der Waals surface area contributed by atoms with Crippen molar-refractivity contribution in [2.75, 3.05) is 0 Å². The molecule has 0 amide bonds. The summed E-state index contributed by atoms with van der Waals surface area (Å²) < 4.78 is 0. The van der Waals surface area contributed by atoms with Crippen LogP contribution in [0.1, 0.15) is 0 Å². The molecule has 10 rings (SSSR count). The highest BCUT2D eigenvalue weighted by molar-refractivity contribution is 6.43. The van der Waals surface area contributed by atoms with E-state index in [1.54, 1.807) is 0 Å². The zero-order valence-corrected chi connectivity index (χ0v) is 27.3. The molecule has 2 heteroatoms. The third-order valence-electron chi connectivity index (χ3n) is 10.1. The predicted molar refractivity (Wildman–Crippen MR) is 210 cm³/mol. The van der Waals surface area contributed by atoms with Gasteiger partial charge in [-0.2, -0.15) is 0 Å². The summed E-state index contributed by atoms with van der Waals surface area (Å²) in [5, 5.41) is 17.7. The van der Waals surface area contributed by atoms with Gasteiger partial charge in [-0.1, -0.05) is 145 Å². The Kier molecular flexibility index (Phi) is 6.09. The topological polar surface area (TPSA) is 0 Å². The van der Waals surface area contributed by atoms with Crippen molar-refractivity contribution >= 4 is 98.6 Å². The van der Waals surface area contributed by atoms with Crippen LogP contribution in [-0.2, 0) is 0 Å². The second-order valence-electron chi connectivity index (χ2n) is 12.7. The molecule has 10 aromatic rings. The highest BCUT2D eigenvalue weighted by Crippen LogP contribution is 2.46. The number of fused-ring (bicyclic) bond motifs is 7. The van der Waals surface area contributed by atoms with Crippen molar-refractivity contribution in [2.24, 2.45) is 0 Å². The first-order valence-corrected chi connectivity index (χ1v) is 17.0. The lowest BCUT2D eigenvalue weighted by Gasteiger charge is -2.17. The van der Waals surface area contributed by atoms with Gasteiger partial charge in [-0.3, -0.25) is 0 Å². The van der Waals surface area contributed by atoms with Crippen LogP contribution in [0, 0.1) is 0 Å². The van der Waals surface area contributed by atoms with Crippen LogP contribution >= 0.6 is 23.2 Å². The smallest absolute Gasteiger partial charge is 0.0563 e. The molecule has 0 atom stereocenters. The van der Waals surface area contributed by atoms with E-state index in [1.807, 2.05) is 0 Å². The van der Waals surface area contributed by atoms with Gasteiger partial charge in [0.05, 0.1) is 10.0 Å².